The molecule has 1 fully saturated rings. The maximum absolute atomic E-state index is 13.1. The number of hydrogen-bond acceptors (Lipinski definition) is 3. The highest BCUT2D eigenvalue weighted by molar-refractivity contribution is 5.73. The van der Waals surface area contributed by atoms with Crippen LogP contribution in [0.2, 0.25) is 0 Å². The highest BCUT2D eigenvalue weighted by Gasteiger charge is 2.36. The number of rotatable bonds is 6. The Morgan fingerprint density at radius 2 is 2.10 bits per heavy atom. The largest absolute Gasteiger partial charge is 0.505 e. The molecule has 4 N–H and O–H groups in total. The molecule has 1 aromatic carbocycles. The molecule has 1 aliphatic carbocycles. The van der Waals surface area contributed by atoms with E-state index >= 15 is 0 Å². The van der Waals surface area contributed by atoms with E-state index in [2.05, 4.69) is 10.6 Å². The van der Waals surface area contributed by atoms with Crippen molar-refractivity contribution in [1.82, 2.24) is 10.6 Å². The van der Waals surface area contributed by atoms with E-state index in [-0.39, 0.29) is 24.6 Å². The van der Waals surface area contributed by atoms with Crippen molar-refractivity contribution in [3.8, 4) is 5.75 Å². The van der Waals surface area contributed by atoms with Gasteiger partial charge >= 0.3 is 6.03 Å². The van der Waals surface area contributed by atoms with Gasteiger partial charge in [-0.25, -0.2) is 9.18 Å². The Hall–Kier alpha value is -1.82. The van der Waals surface area contributed by atoms with Crippen LogP contribution in [-0.4, -0.2) is 29.4 Å². The molecule has 116 valence electrons. The fourth-order valence-corrected chi connectivity index (χ4v) is 2.60. The van der Waals surface area contributed by atoms with Gasteiger partial charge in [0.05, 0.1) is 0 Å². The van der Waals surface area contributed by atoms with Gasteiger partial charge in [-0.2, -0.15) is 0 Å². The van der Waals surface area contributed by atoms with Gasteiger partial charge in [-0.15, -0.1) is 0 Å². The molecule has 0 unspecified atom stereocenters. The molecule has 0 atom stereocenters. The van der Waals surface area contributed by atoms with Gasteiger partial charge in [0, 0.05) is 19.7 Å². The molecule has 0 aliphatic heterocycles. The number of urea groups is 1. The molecule has 0 bridgehead atoms. The maximum Gasteiger partial charge on any atom is 0.315 e. The third kappa shape index (κ3) is 4.07. The van der Waals surface area contributed by atoms with Crippen LogP contribution in [0.4, 0.5) is 9.18 Å². The summed E-state index contributed by atoms with van der Waals surface area (Å²) in [6.45, 7) is 0.870. The van der Waals surface area contributed by atoms with Crippen molar-refractivity contribution in [2.75, 3.05) is 13.2 Å². The fourth-order valence-electron chi connectivity index (χ4n) is 2.60. The Morgan fingerprint density at radius 1 is 1.33 bits per heavy atom. The van der Waals surface area contributed by atoms with Crippen molar-refractivity contribution in [3.63, 3.8) is 0 Å². The van der Waals surface area contributed by atoms with Crippen molar-refractivity contribution in [3.05, 3.63) is 29.6 Å². The summed E-state index contributed by atoms with van der Waals surface area (Å²) in [7, 11) is 0. The van der Waals surface area contributed by atoms with Crippen LogP contribution in [0.15, 0.2) is 18.2 Å². The summed E-state index contributed by atoms with van der Waals surface area (Å²) >= 11 is 0. The Kier molecular flexibility index (Phi) is 5.01. The predicted octanol–water partition coefficient (Wildman–Crippen LogP) is 1.88. The number of carbonyl (C=O) groups excluding carboxylic acids is 1. The number of aromatic hydroxyl groups is 1. The topological polar surface area (TPSA) is 81.6 Å². The summed E-state index contributed by atoms with van der Waals surface area (Å²) in [6, 6.07) is 3.69. The van der Waals surface area contributed by atoms with E-state index in [0.29, 0.717) is 18.5 Å². The normalized spacial score (nSPS) is 16.1. The number of phenols is 1. The average Bonchev–Trinajstić information content (AvgIpc) is 2.43. The first kappa shape index (κ1) is 15.6. The van der Waals surface area contributed by atoms with E-state index in [1.807, 2.05) is 0 Å². The Morgan fingerprint density at radius 3 is 2.67 bits per heavy atom. The lowest BCUT2D eigenvalue weighted by Crippen LogP contribution is -2.45. The number of hydrogen-bond donors (Lipinski definition) is 4. The fraction of sp³-hybridized carbons (Fsp3) is 0.533. The van der Waals surface area contributed by atoms with Gasteiger partial charge in [-0.3, -0.25) is 0 Å². The molecule has 2 rings (SSSR count). The Labute approximate surface area is 123 Å². The maximum atomic E-state index is 13.1. The minimum atomic E-state index is -0.703. The summed E-state index contributed by atoms with van der Waals surface area (Å²) in [5.41, 5.74) is 0.616. The van der Waals surface area contributed by atoms with Crippen LogP contribution in [0.3, 0.4) is 0 Å². The van der Waals surface area contributed by atoms with Crippen LogP contribution in [-0.2, 0) is 6.54 Å². The first-order valence-electron chi connectivity index (χ1n) is 7.15. The van der Waals surface area contributed by atoms with Gasteiger partial charge in [-0.1, -0.05) is 12.5 Å². The second kappa shape index (κ2) is 6.76. The number of aliphatic hydroxyl groups excluding tert-OH is 1. The monoisotopic (exact) mass is 296 g/mol. The molecule has 2 amide bonds. The van der Waals surface area contributed by atoms with Crippen LogP contribution >= 0.6 is 0 Å². The summed E-state index contributed by atoms with van der Waals surface area (Å²) in [6.07, 6.45) is 3.89. The smallest absolute Gasteiger partial charge is 0.315 e. The summed E-state index contributed by atoms with van der Waals surface area (Å²) in [4.78, 5) is 11.7. The first-order chi connectivity index (χ1) is 10.0. The third-order valence-electron chi connectivity index (χ3n) is 4.15. The molecule has 6 heteroatoms. The molecular weight excluding hydrogens is 275 g/mol. The molecule has 5 nitrogen and oxygen atoms in total. The molecule has 21 heavy (non-hydrogen) atoms. The number of phenolic OH excluding ortho intramolecular Hbond substituents is 1. The van der Waals surface area contributed by atoms with E-state index < -0.39 is 11.6 Å². The lowest BCUT2D eigenvalue weighted by molar-refractivity contribution is 0.0885. The van der Waals surface area contributed by atoms with Crippen LogP contribution < -0.4 is 10.6 Å². The number of amides is 2. The zero-order valence-electron chi connectivity index (χ0n) is 11.9. The molecule has 0 spiro atoms. The van der Waals surface area contributed by atoms with Gasteiger partial charge in [0.2, 0.25) is 0 Å². The zero-order valence-corrected chi connectivity index (χ0v) is 11.9. The SMILES string of the molecule is O=C(NCc1ccc(O)c(F)c1)NCC1(CCO)CCC1. The average molecular weight is 296 g/mol. The number of aliphatic hydroxyl groups is 1. The quantitative estimate of drug-likeness (QED) is 0.647. The molecule has 0 aromatic heterocycles. The van der Waals surface area contributed by atoms with Crippen molar-refractivity contribution >= 4 is 6.03 Å². The lowest BCUT2D eigenvalue weighted by atomic mass is 9.67. The summed E-state index contributed by atoms with van der Waals surface area (Å²) in [5, 5.41) is 23.6. The number of nitrogens with one attached hydrogen (secondary N) is 2. The minimum Gasteiger partial charge on any atom is -0.505 e. The van der Waals surface area contributed by atoms with Crippen molar-refractivity contribution in [2.24, 2.45) is 5.41 Å². The van der Waals surface area contributed by atoms with Crippen LogP contribution in [0.25, 0.3) is 0 Å². The lowest BCUT2D eigenvalue weighted by Gasteiger charge is -2.41. The second-order valence-corrected chi connectivity index (χ2v) is 5.65. The molecule has 0 radical (unpaired) electrons. The van der Waals surface area contributed by atoms with E-state index in [1.165, 1.54) is 12.1 Å². The van der Waals surface area contributed by atoms with E-state index in [9.17, 15) is 9.18 Å². The molecule has 1 saturated carbocycles. The minimum absolute atomic E-state index is 0.0384. The van der Waals surface area contributed by atoms with Crippen molar-refractivity contribution in [2.45, 2.75) is 32.2 Å². The van der Waals surface area contributed by atoms with Gasteiger partial charge in [0.15, 0.2) is 11.6 Å². The third-order valence-corrected chi connectivity index (χ3v) is 4.15. The molecule has 0 saturated heterocycles. The molecular formula is C15H21FN2O3. The van der Waals surface area contributed by atoms with Crippen LogP contribution in [0.1, 0.15) is 31.2 Å². The van der Waals surface area contributed by atoms with E-state index in [1.54, 1.807) is 6.07 Å². The van der Waals surface area contributed by atoms with Gasteiger partial charge in [0.25, 0.3) is 0 Å². The summed E-state index contributed by atoms with van der Waals surface area (Å²) in [5.74, 6) is -1.11. The zero-order chi connectivity index (χ0) is 15.3. The van der Waals surface area contributed by atoms with Gasteiger partial charge in [0.1, 0.15) is 0 Å². The van der Waals surface area contributed by atoms with Crippen LogP contribution in [0, 0.1) is 11.2 Å². The highest BCUT2D eigenvalue weighted by atomic mass is 19.1. The Balaban J connectivity index is 1.75. The molecule has 1 aromatic rings. The van der Waals surface area contributed by atoms with Crippen LogP contribution in [0.5, 0.6) is 5.75 Å². The molecule has 0 heterocycles. The van der Waals surface area contributed by atoms with Crippen molar-refractivity contribution in [1.29, 1.82) is 0 Å². The van der Waals surface area contributed by atoms with E-state index in [0.717, 1.165) is 19.3 Å². The van der Waals surface area contributed by atoms with Gasteiger partial charge < -0.3 is 20.8 Å². The second-order valence-electron chi connectivity index (χ2n) is 5.65. The Bertz CT molecular complexity index is 504. The van der Waals surface area contributed by atoms with Crippen molar-refractivity contribution < 1.29 is 19.4 Å². The van der Waals surface area contributed by atoms with Gasteiger partial charge in [-0.05, 0) is 42.4 Å². The number of halogens is 1. The highest BCUT2D eigenvalue weighted by Crippen LogP contribution is 2.43. The number of carbonyl (C=O) groups is 1. The summed E-state index contributed by atoms with van der Waals surface area (Å²) < 4.78 is 13.1. The standard InChI is InChI=1S/C15H21FN2O3/c16-12-8-11(2-3-13(12)20)9-17-14(21)18-10-15(6-7-19)4-1-5-15/h2-3,8,19-20H,1,4-7,9-10H2,(H2,17,18,21). The first-order valence-corrected chi connectivity index (χ1v) is 7.15. The molecule has 1 aliphatic rings. The predicted molar refractivity (Wildman–Crippen MR) is 76.3 cm³/mol. The van der Waals surface area contributed by atoms with E-state index in [4.69, 9.17) is 10.2 Å². The number of benzene rings is 1.